The van der Waals surface area contributed by atoms with Gasteiger partial charge in [0.25, 0.3) is 5.91 Å². The zero-order valence-corrected chi connectivity index (χ0v) is 11.3. The van der Waals surface area contributed by atoms with E-state index < -0.39 is 5.82 Å². The number of anilines is 1. The molecular weight excluding hydrogens is 271 g/mol. The molecule has 0 saturated heterocycles. The first-order valence-corrected chi connectivity index (χ1v) is 6.39. The Balaban J connectivity index is 1.83. The lowest BCUT2D eigenvalue weighted by atomic mass is 10.1. The lowest BCUT2D eigenvalue weighted by molar-refractivity contribution is 0.102. The van der Waals surface area contributed by atoms with Gasteiger partial charge in [-0.1, -0.05) is 6.07 Å². The molecule has 5 heteroatoms. The largest absolute Gasteiger partial charge is 0.494 e. The Morgan fingerprint density at radius 2 is 2.05 bits per heavy atom. The highest BCUT2D eigenvalue weighted by atomic mass is 19.1. The minimum Gasteiger partial charge on any atom is -0.494 e. The Hall–Kier alpha value is -2.82. The van der Waals surface area contributed by atoms with Crippen LogP contribution in [0.2, 0.25) is 0 Å². The summed E-state index contributed by atoms with van der Waals surface area (Å²) < 4.78 is 18.4. The number of hydrogen-bond acceptors (Lipinski definition) is 2. The average molecular weight is 284 g/mol. The van der Waals surface area contributed by atoms with Crippen molar-refractivity contribution in [3.05, 3.63) is 60.0 Å². The number of hydrogen-bond donors (Lipinski definition) is 2. The van der Waals surface area contributed by atoms with E-state index in [1.807, 2.05) is 18.3 Å². The maximum atomic E-state index is 13.6. The minimum atomic E-state index is -0.518. The van der Waals surface area contributed by atoms with Gasteiger partial charge in [0, 0.05) is 29.0 Å². The highest BCUT2D eigenvalue weighted by Gasteiger charge is 2.09. The second kappa shape index (κ2) is 5.28. The number of carbonyl (C=O) groups is 1. The van der Waals surface area contributed by atoms with E-state index >= 15 is 0 Å². The van der Waals surface area contributed by atoms with Crippen LogP contribution in [0.15, 0.2) is 48.7 Å². The third-order valence-corrected chi connectivity index (χ3v) is 3.23. The molecule has 0 saturated carbocycles. The first kappa shape index (κ1) is 13.2. The monoisotopic (exact) mass is 284 g/mol. The maximum Gasteiger partial charge on any atom is 0.255 e. The first-order valence-electron chi connectivity index (χ1n) is 6.39. The van der Waals surface area contributed by atoms with Crippen molar-refractivity contribution in [2.45, 2.75) is 0 Å². The van der Waals surface area contributed by atoms with E-state index in [1.54, 1.807) is 18.2 Å². The molecule has 106 valence electrons. The predicted octanol–water partition coefficient (Wildman–Crippen LogP) is 3.57. The van der Waals surface area contributed by atoms with Crippen molar-refractivity contribution in [2.24, 2.45) is 0 Å². The Morgan fingerprint density at radius 1 is 1.19 bits per heavy atom. The summed E-state index contributed by atoms with van der Waals surface area (Å²) in [5.74, 6) is -0.674. The van der Waals surface area contributed by atoms with Gasteiger partial charge in [-0.05, 0) is 35.7 Å². The summed E-state index contributed by atoms with van der Waals surface area (Å²) in [5.41, 5.74) is 1.76. The number of aromatic nitrogens is 1. The molecule has 0 aliphatic carbocycles. The van der Waals surface area contributed by atoms with Crippen molar-refractivity contribution in [2.75, 3.05) is 12.4 Å². The number of fused-ring (bicyclic) bond motifs is 1. The lowest BCUT2D eigenvalue weighted by Crippen LogP contribution is -2.12. The molecule has 1 heterocycles. The molecule has 3 aromatic rings. The van der Waals surface area contributed by atoms with Gasteiger partial charge >= 0.3 is 0 Å². The topological polar surface area (TPSA) is 54.1 Å². The van der Waals surface area contributed by atoms with Gasteiger partial charge in [0.15, 0.2) is 11.6 Å². The Morgan fingerprint density at radius 3 is 2.81 bits per heavy atom. The molecule has 2 N–H and O–H groups in total. The van der Waals surface area contributed by atoms with Crippen LogP contribution in [0.5, 0.6) is 5.75 Å². The Bertz CT molecular complexity index is 811. The van der Waals surface area contributed by atoms with Gasteiger partial charge in [0.2, 0.25) is 0 Å². The zero-order chi connectivity index (χ0) is 14.8. The number of nitrogens with one attached hydrogen (secondary N) is 2. The Labute approximate surface area is 120 Å². The number of halogens is 1. The molecule has 0 aliphatic rings. The van der Waals surface area contributed by atoms with Crippen molar-refractivity contribution in [1.82, 2.24) is 4.98 Å². The summed E-state index contributed by atoms with van der Waals surface area (Å²) in [7, 11) is 1.39. The minimum absolute atomic E-state index is 0.140. The summed E-state index contributed by atoms with van der Waals surface area (Å²) in [6.07, 6.45) is 1.81. The van der Waals surface area contributed by atoms with Crippen LogP contribution in [-0.2, 0) is 0 Å². The number of H-pyrrole nitrogens is 1. The van der Waals surface area contributed by atoms with E-state index in [-0.39, 0.29) is 11.7 Å². The molecule has 0 radical (unpaired) electrons. The van der Waals surface area contributed by atoms with Crippen molar-refractivity contribution >= 4 is 22.5 Å². The van der Waals surface area contributed by atoms with E-state index in [9.17, 15) is 9.18 Å². The fourth-order valence-electron chi connectivity index (χ4n) is 2.14. The first-order chi connectivity index (χ1) is 10.2. The van der Waals surface area contributed by atoms with Gasteiger partial charge < -0.3 is 15.0 Å². The van der Waals surface area contributed by atoms with E-state index in [2.05, 4.69) is 10.3 Å². The standard InChI is InChI=1S/C16H13FN2O2/c1-21-15-5-4-12(9-13(15)17)19-16(20)11-3-2-10-6-7-18-14(10)8-11/h2-9,18H,1H3,(H,19,20). The number of methoxy groups -OCH3 is 1. The molecule has 3 rings (SSSR count). The summed E-state index contributed by atoms with van der Waals surface area (Å²) in [5, 5.41) is 3.69. The van der Waals surface area contributed by atoms with Crippen LogP contribution in [0.3, 0.4) is 0 Å². The summed E-state index contributed by atoms with van der Waals surface area (Å²) in [6, 6.07) is 11.6. The fourth-order valence-corrected chi connectivity index (χ4v) is 2.14. The highest BCUT2D eigenvalue weighted by molar-refractivity contribution is 6.06. The second-order valence-corrected chi connectivity index (χ2v) is 4.58. The van der Waals surface area contributed by atoms with Crippen molar-refractivity contribution in [3.63, 3.8) is 0 Å². The van der Waals surface area contributed by atoms with Crippen LogP contribution >= 0.6 is 0 Å². The van der Waals surface area contributed by atoms with Crippen LogP contribution < -0.4 is 10.1 Å². The molecular formula is C16H13FN2O2. The normalized spacial score (nSPS) is 10.6. The number of ether oxygens (including phenoxy) is 1. The van der Waals surface area contributed by atoms with Crippen LogP contribution in [0.4, 0.5) is 10.1 Å². The summed E-state index contributed by atoms with van der Waals surface area (Å²) in [4.78, 5) is 15.2. The molecule has 1 amide bonds. The van der Waals surface area contributed by atoms with E-state index in [0.717, 1.165) is 10.9 Å². The predicted molar refractivity (Wildman–Crippen MR) is 79.2 cm³/mol. The molecule has 0 fully saturated rings. The van der Waals surface area contributed by atoms with Crippen molar-refractivity contribution in [3.8, 4) is 5.75 Å². The van der Waals surface area contributed by atoms with E-state index in [0.29, 0.717) is 11.3 Å². The van der Waals surface area contributed by atoms with E-state index in [1.165, 1.54) is 19.2 Å². The number of amides is 1. The molecule has 0 atom stereocenters. The van der Waals surface area contributed by atoms with Gasteiger partial charge in [0.05, 0.1) is 7.11 Å². The van der Waals surface area contributed by atoms with Crippen LogP contribution in [0.25, 0.3) is 10.9 Å². The third kappa shape index (κ3) is 2.58. The Kier molecular flexibility index (Phi) is 3.31. The molecule has 0 bridgehead atoms. The van der Waals surface area contributed by atoms with Crippen molar-refractivity contribution < 1.29 is 13.9 Å². The fraction of sp³-hybridized carbons (Fsp3) is 0.0625. The number of aromatic amines is 1. The number of rotatable bonds is 3. The summed E-state index contributed by atoms with van der Waals surface area (Å²) >= 11 is 0. The van der Waals surface area contributed by atoms with Gasteiger partial charge in [-0.25, -0.2) is 4.39 Å². The molecule has 0 aliphatic heterocycles. The molecule has 4 nitrogen and oxygen atoms in total. The second-order valence-electron chi connectivity index (χ2n) is 4.58. The van der Waals surface area contributed by atoms with Gasteiger partial charge in [-0.15, -0.1) is 0 Å². The molecule has 1 aromatic heterocycles. The molecule has 0 spiro atoms. The highest BCUT2D eigenvalue weighted by Crippen LogP contribution is 2.21. The van der Waals surface area contributed by atoms with Crippen LogP contribution in [0.1, 0.15) is 10.4 Å². The van der Waals surface area contributed by atoms with Crippen LogP contribution in [-0.4, -0.2) is 18.0 Å². The smallest absolute Gasteiger partial charge is 0.255 e. The van der Waals surface area contributed by atoms with E-state index in [4.69, 9.17) is 4.74 Å². The SMILES string of the molecule is COc1ccc(NC(=O)c2ccc3cc[nH]c3c2)cc1F. The molecule has 0 unspecified atom stereocenters. The molecule has 2 aromatic carbocycles. The molecule has 21 heavy (non-hydrogen) atoms. The van der Waals surface area contributed by atoms with Crippen LogP contribution in [0, 0.1) is 5.82 Å². The van der Waals surface area contributed by atoms with Crippen molar-refractivity contribution in [1.29, 1.82) is 0 Å². The number of benzene rings is 2. The maximum absolute atomic E-state index is 13.6. The van der Waals surface area contributed by atoms with Gasteiger partial charge in [-0.3, -0.25) is 4.79 Å². The zero-order valence-electron chi connectivity index (χ0n) is 11.3. The third-order valence-electron chi connectivity index (χ3n) is 3.23. The number of carbonyl (C=O) groups excluding carboxylic acids is 1. The summed E-state index contributed by atoms with van der Waals surface area (Å²) in [6.45, 7) is 0. The quantitative estimate of drug-likeness (QED) is 0.772. The van der Waals surface area contributed by atoms with Gasteiger partial charge in [-0.2, -0.15) is 0 Å². The average Bonchev–Trinajstić information content (AvgIpc) is 2.94. The lowest BCUT2D eigenvalue weighted by Gasteiger charge is -2.07. The van der Waals surface area contributed by atoms with Gasteiger partial charge in [0.1, 0.15) is 0 Å².